The van der Waals surface area contributed by atoms with Crippen molar-refractivity contribution in [2.24, 2.45) is 0 Å². The summed E-state index contributed by atoms with van der Waals surface area (Å²) >= 11 is 0. The van der Waals surface area contributed by atoms with Crippen molar-refractivity contribution in [3.8, 4) is 0 Å². The first-order valence-electron chi connectivity index (χ1n) is 6.93. The number of aryl methyl sites for hydroxylation is 1. The average molecular weight is 333 g/mol. The molecule has 0 aliphatic carbocycles. The van der Waals surface area contributed by atoms with Gasteiger partial charge in [-0.25, -0.2) is 4.79 Å². The molecule has 1 rings (SSSR count). The molecule has 0 fully saturated rings. The van der Waals surface area contributed by atoms with Gasteiger partial charge in [0.1, 0.15) is 6.61 Å². The van der Waals surface area contributed by atoms with Gasteiger partial charge in [-0.05, 0) is 31.0 Å². The standard InChI is InChI=1S/C15H18F3NO4/c1-10(8-23-9-15(16,17)18)19-13(20)7-4-11-2-5-12(6-3-11)14(21)22/h2-3,5-6,10H,4,7-9H2,1H3,(H,19,20)(H,21,22). The second-order valence-electron chi connectivity index (χ2n) is 5.10. The molecule has 1 atom stereocenters. The van der Waals surface area contributed by atoms with Crippen LogP contribution in [0.5, 0.6) is 0 Å². The van der Waals surface area contributed by atoms with E-state index in [2.05, 4.69) is 10.1 Å². The molecule has 0 bridgehead atoms. The molecular formula is C15H18F3NO4. The van der Waals surface area contributed by atoms with E-state index in [-0.39, 0.29) is 24.5 Å². The minimum atomic E-state index is -4.38. The minimum absolute atomic E-state index is 0.149. The fourth-order valence-electron chi connectivity index (χ4n) is 1.81. The Morgan fingerprint density at radius 1 is 1.26 bits per heavy atom. The Hall–Kier alpha value is -2.09. The predicted molar refractivity (Wildman–Crippen MR) is 76.2 cm³/mol. The molecule has 1 aromatic carbocycles. The summed E-state index contributed by atoms with van der Waals surface area (Å²) in [5, 5.41) is 11.3. The molecular weight excluding hydrogens is 315 g/mol. The number of hydrogen-bond donors (Lipinski definition) is 2. The van der Waals surface area contributed by atoms with E-state index >= 15 is 0 Å². The molecule has 5 nitrogen and oxygen atoms in total. The van der Waals surface area contributed by atoms with E-state index in [1.165, 1.54) is 12.1 Å². The molecule has 0 spiro atoms. The highest BCUT2D eigenvalue weighted by molar-refractivity contribution is 5.87. The number of carbonyl (C=O) groups excluding carboxylic acids is 1. The van der Waals surface area contributed by atoms with Crippen molar-refractivity contribution < 1.29 is 32.6 Å². The van der Waals surface area contributed by atoms with E-state index in [0.29, 0.717) is 6.42 Å². The van der Waals surface area contributed by atoms with E-state index in [1.54, 1.807) is 19.1 Å². The Kier molecular flexibility index (Phi) is 7.02. The summed E-state index contributed by atoms with van der Waals surface area (Å²) in [5.41, 5.74) is 0.958. The number of carboxylic acids is 1. The van der Waals surface area contributed by atoms with Crippen molar-refractivity contribution in [3.63, 3.8) is 0 Å². The Labute approximate surface area is 131 Å². The lowest BCUT2D eigenvalue weighted by molar-refractivity contribution is -0.175. The molecule has 1 amide bonds. The minimum Gasteiger partial charge on any atom is -0.478 e. The van der Waals surface area contributed by atoms with Gasteiger partial charge in [0.25, 0.3) is 0 Å². The van der Waals surface area contributed by atoms with E-state index in [9.17, 15) is 22.8 Å². The number of rotatable bonds is 8. The second kappa shape index (κ2) is 8.52. The number of amides is 1. The Morgan fingerprint density at radius 3 is 2.39 bits per heavy atom. The quantitative estimate of drug-likeness (QED) is 0.766. The SMILES string of the molecule is CC(COCC(F)(F)F)NC(=O)CCc1ccc(C(=O)O)cc1. The van der Waals surface area contributed by atoms with Crippen LogP contribution in [0.3, 0.4) is 0 Å². The third-order valence-electron chi connectivity index (χ3n) is 2.88. The zero-order valence-electron chi connectivity index (χ0n) is 12.5. The smallest absolute Gasteiger partial charge is 0.411 e. The summed E-state index contributed by atoms with van der Waals surface area (Å²) in [6.45, 7) is -0.0162. The first kappa shape index (κ1) is 19.0. The van der Waals surface area contributed by atoms with Crippen LogP contribution in [0, 0.1) is 0 Å². The van der Waals surface area contributed by atoms with Crippen molar-refractivity contribution in [1.82, 2.24) is 5.32 Å². The third-order valence-corrected chi connectivity index (χ3v) is 2.88. The van der Waals surface area contributed by atoms with Gasteiger partial charge < -0.3 is 15.2 Å². The van der Waals surface area contributed by atoms with Crippen LogP contribution >= 0.6 is 0 Å². The van der Waals surface area contributed by atoms with Gasteiger partial charge in [0.05, 0.1) is 12.2 Å². The summed E-state index contributed by atoms with van der Waals surface area (Å²) in [6, 6.07) is 5.60. The lowest BCUT2D eigenvalue weighted by atomic mass is 10.1. The lowest BCUT2D eigenvalue weighted by Crippen LogP contribution is -2.36. The van der Waals surface area contributed by atoms with Crippen molar-refractivity contribution >= 4 is 11.9 Å². The maximum atomic E-state index is 11.9. The average Bonchev–Trinajstić information content (AvgIpc) is 2.44. The molecule has 23 heavy (non-hydrogen) atoms. The Morgan fingerprint density at radius 2 is 1.87 bits per heavy atom. The highest BCUT2D eigenvalue weighted by Gasteiger charge is 2.27. The zero-order valence-corrected chi connectivity index (χ0v) is 12.5. The van der Waals surface area contributed by atoms with Crippen molar-refractivity contribution in [2.45, 2.75) is 32.0 Å². The number of carbonyl (C=O) groups is 2. The van der Waals surface area contributed by atoms with Gasteiger partial charge in [-0.2, -0.15) is 13.2 Å². The molecule has 0 saturated heterocycles. The number of ether oxygens (including phenoxy) is 1. The topological polar surface area (TPSA) is 75.6 Å². The van der Waals surface area contributed by atoms with Gasteiger partial charge in [-0.1, -0.05) is 12.1 Å². The fourth-order valence-corrected chi connectivity index (χ4v) is 1.81. The van der Waals surface area contributed by atoms with Gasteiger partial charge in [0.2, 0.25) is 5.91 Å². The number of aromatic carboxylic acids is 1. The number of nitrogens with one attached hydrogen (secondary N) is 1. The fraction of sp³-hybridized carbons (Fsp3) is 0.467. The van der Waals surface area contributed by atoms with Gasteiger partial charge in [0.15, 0.2) is 0 Å². The molecule has 1 aromatic rings. The summed E-state index contributed by atoms with van der Waals surface area (Å²) in [7, 11) is 0. The summed E-state index contributed by atoms with van der Waals surface area (Å²) in [5.74, 6) is -1.34. The number of halogens is 3. The van der Waals surface area contributed by atoms with E-state index in [4.69, 9.17) is 5.11 Å². The van der Waals surface area contributed by atoms with Crippen molar-refractivity contribution in [3.05, 3.63) is 35.4 Å². The number of carboxylic acid groups (broad SMARTS) is 1. The summed E-state index contributed by atoms with van der Waals surface area (Å²) in [4.78, 5) is 22.4. The monoisotopic (exact) mass is 333 g/mol. The van der Waals surface area contributed by atoms with Crippen LogP contribution in [0.25, 0.3) is 0 Å². The van der Waals surface area contributed by atoms with Crippen LogP contribution < -0.4 is 5.32 Å². The third kappa shape index (κ3) is 8.20. The molecule has 128 valence electrons. The van der Waals surface area contributed by atoms with Crippen molar-refractivity contribution in [1.29, 1.82) is 0 Å². The van der Waals surface area contributed by atoms with Crippen LogP contribution in [-0.2, 0) is 16.0 Å². The second-order valence-corrected chi connectivity index (χ2v) is 5.10. The molecule has 2 N–H and O–H groups in total. The molecule has 0 aliphatic rings. The van der Waals surface area contributed by atoms with Crippen molar-refractivity contribution in [2.75, 3.05) is 13.2 Å². The Bertz CT molecular complexity index is 529. The number of alkyl halides is 3. The number of benzene rings is 1. The van der Waals surface area contributed by atoms with Crippen LogP contribution in [0.15, 0.2) is 24.3 Å². The van der Waals surface area contributed by atoms with Gasteiger partial charge >= 0.3 is 12.1 Å². The highest BCUT2D eigenvalue weighted by Crippen LogP contribution is 2.14. The molecule has 8 heteroatoms. The van der Waals surface area contributed by atoms with E-state index in [0.717, 1.165) is 5.56 Å². The zero-order chi connectivity index (χ0) is 17.5. The summed E-state index contributed by atoms with van der Waals surface area (Å²) < 4.78 is 40.2. The van der Waals surface area contributed by atoms with Gasteiger partial charge in [-0.15, -0.1) is 0 Å². The lowest BCUT2D eigenvalue weighted by Gasteiger charge is -2.15. The normalized spacial score (nSPS) is 12.7. The highest BCUT2D eigenvalue weighted by atomic mass is 19.4. The first-order chi connectivity index (χ1) is 10.7. The maximum absolute atomic E-state index is 11.9. The number of hydrogen-bond acceptors (Lipinski definition) is 3. The molecule has 0 aliphatic heterocycles. The van der Waals surface area contributed by atoms with Crippen LogP contribution in [0.4, 0.5) is 13.2 Å². The first-order valence-corrected chi connectivity index (χ1v) is 6.93. The van der Waals surface area contributed by atoms with Crippen LogP contribution in [-0.4, -0.2) is 42.4 Å². The maximum Gasteiger partial charge on any atom is 0.411 e. The van der Waals surface area contributed by atoms with Gasteiger partial charge in [0, 0.05) is 12.5 Å². The van der Waals surface area contributed by atoms with E-state index < -0.39 is 24.8 Å². The molecule has 0 aromatic heterocycles. The van der Waals surface area contributed by atoms with Crippen LogP contribution in [0.1, 0.15) is 29.3 Å². The molecule has 0 saturated carbocycles. The molecule has 0 radical (unpaired) electrons. The van der Waals surface area contributed by atoms with Gasteiger partial charge in [-0.3, -0.25) is 4.79 Å². The largest absolute Gasteiger partial charge is 0.478 e. The summed E-state index contributed by atoms with van der Waals surface area (Å²) in [6.07, 6.45) is -3.83. The van der Waals surface area contributed by atoms with Crippen LogP contribution in [0.2, 0.25) is 0 Å². The molecule has 1 unspecified atom stereocenters. The van der Waals surface area contributed by atoms with E-state index in [1.807, 2.05) is 0 Å². The Balaban J connectivity index is 2.29. The molecule has 0 heterocycles. The predicted octanol–water partition coefficient (Wildman–Crippen LogP) is 2.40.